The fourth-order valence-corrected chi connectivity index (χ4v) is 2.61. The molecule has 20 heavy (non-hydrogen) atoms. The van der Waals surface area contributed by atoms with Crippen LogP contribution in [0, 0.1) is 0 Å². The molecule has 2 aromatic carbocycles. The number of hydrogen-bond donors (Lipinski definition) is 1. The first-order valence-electron chi connectivity index (χ1n) is 5.83. The highest BCUT2D eigenvalue weighted by Crippen LogP contribution is 2.35. The van der Waals surface area contributed by atoms with Crippen LogP contribution in [0.4, 0.5) is 0 Å². The van der Waals surface area contributed by atoms with Crippen molar-refractivity contribution in [3.8, 4) is 0 Å². The Kier molecular flexibility index (Phi) is 4.50. The van der Waals surface area contributed by atoms with Gasteiger partial charge in [0.15, 0.2) is 0 Å². The summed E-state index contributed by atoms with van der Waals surface area (Å²) in [5.74, 6) is -0.342. The molecule has 2 rings (SSSR count). The van der Waals surface area contributed by atoms with Crippen LogP contribution in [-0.4, -0.2) is 30.2 Å². The first-order chi connectivity index (χ1) is 9.51. The monoisotopic (exact) mass is 313 g/mol. The Hall–Kier alpha value is -1.33. The number of aliphatic hydroxyl groups excluding tert-OH is 1. The molecule has 0 atom stereocenters. The smallest absolute Gasteiger partial charge is 0.277 e. The largest absolute Gasteiger partial charge is 0.392 e. The number of aliphatic hydroxyl groups is 1. The third kappa shape index (κ3) is 2.47. The van der Waals surface area contributed by atoms with Gasteiger partial charge >= 0.3 is 0 Å². The predicted octanol–water partition coefficient (Wildman–Crippen LogP) is 3.27. The van der Waals surface area contributed by atoms with Crippen LogP contribution in [0.5, 0.6) is 0 Å². The number of hydroxylamine groups is 2. The summed E-state index contributed by atoms with van der Waals surface area (Å²) in [7, 11) is 2.90. The summed E-state index contributed by atoms with van der Waals surface area (Å²) in [6.45, 7) is -0.217. The van der Waals surface area contributed by atoms with Gasteiger partial charge in [0, 0.05) is 27.9 Å². The minimum absolute atomic E-state index is 0.217. The predicted molar refractivity (Wildman–Crippen MR) is 79.0 cm³/mol. The molecule has 4 nitrogen and oxygen atoms in total. The van der Waals surface area contributed by atoms with Gasteiger partial charge in [0.2, 0.25) is 0 Å². The van der Waals surface area contributed by atoms with Crippen LogP contribution >= 0.6 is 23.2 Å². The van der Waals surface area contributed by atoms with E-state index in [9.17, 15) is 9.90 Å². The van der Waals surface area contributed by atoms with Gasteiger partial charge in [-0.1, -0.05) is 29.3 Å². The molecule has 1 N–H and O–H groups in total. The van der Waals surface area contributed by atoms with Crippen molar-refractivity contribution in [2.75, 3.05) is 14.2 Å². The van der Waals surface area contributed by atoms with Crippen molar-refractivity contribution in [3.63, 3.8) is 0 Å². The number of benzene rings is 2. The molecule has 0 saturated heterocycles. The van der Waals surface area contributed by atoms with Crippen LogP contribution in [0.25, 0.3) is 10.8 Å². The Morgan fingerprint density at radius 1 is 1.20 bits per heavy atom. The van der Waals surface area contributed by atoms with E-state index in [1.165, 1.54) is 14.2 Å². The molecule has 0 bridgehead atoms. The number of halogens is 2. The lowest BCUT2D eigenvalue weighted by atomic mass is 9.98. The van der Waals surface area contributed by atoms with Crippen molar-refractivity contribution < 1.29 is 14.7 Å². The van der Waals surface area contributed by atoms with Gasteiger partial charge in [-0.15, -0.1) is 0 Å². The summed E-state index contributed by atoms with van der Waals surface area (Å²) in [5.41, 5.74) is 0.958. The lowest BCUT2D eigenvalue weighted by Crippen LogP contribution is -2.25. The maximum atomic E-state index is 12.3. The van der Waals surface area contributed by atoms with Gasteiger partial charge < -0.3 is 5.11 Å². The number of rotatable bonds is 3. The molecule has 106 valence electrons. The fourth-order valence-electron chi connectivity index (χ4n) is 2.05. The maximum Gasteiger partial charge on any atom is 0.277 e. The highest BCUT2D eigenvalue weighted by atomic mass is 35.5. The second-order valence-electron chi connectivity index (χ2n) is 4.19. The van der Waals surface area contributed by atoms with E-state index < -0.39 is 0 Å². The minimum Gasteiger partial charge on any atom is -0.392 e. The van der Waals surface area contributed by atoms with Crippen LogP contribution in [0.3, 0.4) is 0 Å². The van der Waals surface area contributed by atoms with Crippen LogP contribution in [0.15, 0.2) is 24.3 Å². The zero-order chi connectivity index (χ0) is 14.9. The van der Waals surface area contributed by atoms with Crippen molar-refractivity contribution in [2.45, 2.75) is 6.61 Å². The lowest BCUT2D eigenvalue weighted by Gasteiger charge is -2.17. The zero-order valence-corrected chi connectivity index (χ0v) is 12.5. The lowest BCUT2D eigenvalue weighted by molar-refractivity contribution is -0.0755. The van der Waals surface area contributed by atoms with E-state index in [4.69, 9.17) is 28.0 Å². The van der Waals surface area contributed by atoms with Crippen LogP contribution in [0.2, 0.25) is 10.0 Å². The Bertz CT molecular complexity index is 665. The number of carbonyl (C=O) groups is 1. The molecule has 0 saturated carbocycles. The summed E-state index contributed by atoms with van der Waals surface area (Å²) < 4.78 is 0. The summed E-state index contributed by atoms with van der Waals surface area (Å²) in [4.78, 5) is 17.2. The molecule has 0 aromatic heterocycles. The average Bonchev–Trinajstić information content (AvgIpc) is 2.46. The molecule has 0 radical (unpaired) electrons. The molecule has 0 spiro atoms. The van der Waals surface area contributed by atoms with Gasteiger partial charge in [0.1, 0.15) is 0 Å². The van der Waals surface area contributed by atoms with Crippen molar-refractivity contribution in [3.05, 3.63) is 45.4 Å². The molecule has 0 fully saturated rings. The van der Waals surface area contributed by atoms with E-state index in [1.807, 2.05) is 0 Å². The molecule has 2 aromatic rings. The molecule has 0 unspecified atom stereocenters. The van der Waals surface area contributed by atoms with Crippen LogP contribution in [0.1, 0.15) is 15.9 Å². The number of carbonyl (C=O) groups excluding carboxylic acids is 1. The summed E-state index contributed by atoms with van der Waals surface area (Å²) in [6, 6.07) is 6.52. The molecule has 0 aliphatic carbocycles. The zero-order valence-electron chi connectivity index (χ0n) is 11.0. The van der Waals surface area contributed by atoms with E-state index >= 15 is 0 Å². The van der Waals surface area contributed by atoms with Crippen molar-refractivity contribution in [1.29, 1.82) is 0 Å². The van der Waals surface area contributed by atoms with E-state index in [0.29, 0.717) is 31.9 Å². The van der Waals surface area contributed by atoms with Crippen molar-refractivity contribution >= 4 is 39.9 Å². The molecule has 0 aliphatic rings. The summed E-state index contributed by atoms with van der Waals surface area (Å²) in [6.07, 6.45) is 0. The van der Waals surface area contributed by atoms with Gasteiger partial charge in [0.05, 0.1) is 19.3 Å². The van der Waals surface area contributed by atoms with Crippen molar-refractivity contribution in [1.82, 2.24) is 5.06 Å². The molecule has 0 heterocycles. The van der Waals surface area contributed by atoms with E-state index in [0.717, 1.165) is 5.06 Å². The van der Waals surface area contributed by atoms with Gasteiger partial charge in [-0.25, -0.2) is 5.06 Å². The van der Waals surface area contributed by atoms with E-state index in [2.05, 4.69) is 0 Å². The highest BCUT2D eigenvalue weighted by Gasteiger charge is 2.19. The average molecular weight is 314 g/mol. The molecule has 1 amide bonds. The molecular weight excluding hydrogens is 301 g/mol. The van der Waals surface area contributed by atoms with Gasteiger partial charge in [-0.2, -0.15) is 0 Å². The quantitative estimate of drug-likeness (QED) is 0.885. The first-order valence-corrected chi connectivity index (χ1v) is 6.59. The topological polar surface area (TPSA) is 49.8 Å². The number of hydrogen-bond acceptors (Lipinski definition) is 3. The summed E-state index contributed by atoms with van der Waals surface area (Å²) >= 11 is 12.3. The third-order valence-corrected chi connectivity index (χ3v) is 3.74. The van der Waals surface area contributed by atoms with Gasteiger partial charge in [0.25, 0.3) is 5.91 Å². The Labute approximate surface area is 126 Å². The number of nitrogens with zero attached hydrogens (tertiary/aromatic N) is 1. The second kappa shape index (κ2) is 5.97. The van der Waals surface area contributed by atoms with Crippen LogP contribution in [-0.2, 0) is 11.4 Å². The molecule has 0 aliphatic heterocycles. The van der Waals surface area contributed by atoms with Gasteiger partial charge in [-0.3, -0.25) is 9.63 Å². The highest BCUT2D eigenvalue weighted by molar-refractivity contribution is 6.43. The first kappa shape index (κ1) is 15.1. The Balaban J connectivity index is 2.83. The third-order valence-electron chi connectivity index (χ3n) is 3.11. The van der Waals surface area contributed by atoms with Crippen molar-refractivity contribution in [2.24, 2.45) is 0 Å². The standard InChI is InChI=1S/C14H13Cl2NO3/c1-17(20-2)14(19)9-4-6-11(16)13-10(15)5-3-8(7-18)12(9)13/h3-6,18H,7H2,1-2H3. The molecular formula is C14H13Cl2NO3. The fraction of sp³-hybridized carbons (Fsp3) is 0.214. The number of amides is 1. The van der Waals surface area contributed by atoms with Gasteiger partial charge in [-0.05, 0) is 23.8 Å². The normalized spacial score (nSPS) is 10.8. The van der Waals surface area contributed by atoms with E-state index in [1.54, 1.807) is 24.3 Å². The van der Waals surface area contributed by atoms with E-state index in [-0.39, 0.29) is 12.5 Å². The minimum atomic E-state index is -0.342. The maximum absolute atomic E-state index is 12.3. The number of fused-ring (bicyclic) bond motifs is 1. The Morgan fingerprint density at radius 3 is 2.35 bits per heavy atom. The Morgan fingerprint density at radius 2 is 1.80 bits per heavy atom. The van der Waals surface area contributed by atoms with Crippen LogP contribution < -0.4 is 0 Å². The summed E-state index contributed by atoms with van der Waals surface area (Å²) in [5, 5.41) is 12.5. The SMILES string of the molecule is CON(C)C(=O)c1ccc(Cl)c2c(Cl)ccc(CO)c12. The second-order valence-corrected chi connectivity index (χ2v) is 5.01. The molecule has 6 heteroatoms.